The third-order valence-corrected chi connectivity index (χ3v) is 3.38. The molecule has 136 valence electrons. The van der Waals surface area contributed by atoms with Crippen molar-refractivity contribution in [2.75, 3.05) is 6.61 Å². The predicted octanol–water partition coefficient (Wildman–Crippen LogP) is 2.70. The highest BCUT2D eigenvalue weighted by Gasteiger charge is 2.03. The number of hydrogen-bond donors (Lipinski definition) is 3. The number of benzene rings is 1. The molecule has 25 heavy (non-hydrogen) atoms. The van der Waals surface area contributed by atoms with Crippen LogP contribution >= 0.6 is 12.2 Å². The van der Waals surface area contributed by atoms with Gasteiger partial charge in [-0.3, -0.25) is 25.8 Å². The van der Waals surface area contributed by atoms with Crippen LogP contribution in [0.3, 0.4) is 0 Å². The van der Waals surface area contributed by atoms with Crippen LogP contribution in [0.15, 0.2) is 30.3 Å². The van der Waals surface area contributed by atoms with Gasteiger partial charge in [0.1, 0.15) is 5.75 Å². The Morgan fingerprint density at radius 1 is 1.12 bits per heavy atom. The van der Waals surface area contributed by atoms with E-state index in [1.165, 1.54) is 6.08 Å². The third-order valence-electron chi connectivity index (χ3n) is 3.18. The summed E-state index contributed by atoms with van der Waals surface area (Å²) in [6.07, 6.45) is 6.34. The van der Waals surface area contributed by atoms with Gasteiger partial charge in [-0.25, -0.2) is 0 Å². The second kappa shape index (κ2) is 12.0. The van der Waals surface area contributed by atoms with Gasteiger partial charge in [0.15, 0.2) is 5.11 Å². The van der Waals surface area contributed by atoms with Gasteiger partial charge in [-0.2, -0.15) is 0 Å². The van der Waals surface area contributed by atoms with Crippen molar-refractivity contribution in [1.82, 2.24) is 16.2 Å². The van der Waals surface area contributed by atoms with Gasteiger partial charge in [0.05, 0.1) is 6.61 Å². The largest absolute Gasteiger partial charge is 0.494 e. The number of carbonyl (C=O) groups is 2. The SMILES string of the molecule is CCCCCC(=O)NNC(=S)NC(=O)/C=C/c1ccc(OCC)cc1. The van der Waals surface area contributed by atoms with Crippen LogP contribution in [0.2, 0.25) is 0 Å². The van der Waals surface area contributed by atoms with Gasteiger partial charge < -0.3 is 4.74 Å². The number of amides is 2. The van der Waals surface area contributed by atoms with E-state index in [2.05, 4.69) is 23.1 Å². The van der Waals surface area contributed by atoms with Gasteiger partial charge in [0, 0.05) is 12.5 Å². The molecule has 1 aromatic carbocycles. The van der Waals surface area contributed by atoms with Crippen molar-refractivity contribution in [1.29, 1.82) is 0 Å². The van der Waals surface area contributed by atoms with E-state index in [1.54, 1.807) is 6.08 Å². The fourth-order valence-corrected chi connectivity index (χ4v) is 2.07. The van der Waals surface area contributed by atoms with Crippen LogP contribution in [-0.4, -0.2) is 23.5 Å². The molecule has 1 rings (SSSR count). The van der Waals surface area contributed by atoms with Crippen LogP contribution in [0.4, 0.5) is 0 Å². The Balaban J connectivity index is 2.32. The van der Waals surface area contributed by atoms with E-state index < -0.39 is 0 Å². The zero-order valence-electron chi connectivity index (χ0n) is 14.6. The number of thiocarbonyl (C=S) groups is 1. The number of hydrazine groups is 1. The first kappa shape index (κ1) is 20.6. The maximum absolute atomic E-state index is 11.8. The fraction of sp³-hybridized carbons (Fsp3) is 0.389. The molecule has 0 aliphatic rings. The van der Waals surface area contributed by atoms with Gasteiger partial charge in [-0.15, -0.1) is 0 Å². The molecule has 1 aromatic rings. The molecule has 6 nitrogen and oxygen atoms in total. The number of carbonyl (C=O) groups excluding carboxylic acids is 2. The van der Waals surface area contributed by atoms with Crippen molar-refractivity contribution in [3.63, 3.8) is 0 Å². The minimum Gasteiger partial charge on any atom is -0.494 e. The molecule has 0 saturated carbocycles. The first-order valence-corrected chi connectivity index (χ1v) is 8.76. The summed E-state index contributed by atoms with van der Waals surface area (Å²) < 4.78 is 5.35. The van der Waals surface area contributed by atoms with Crippen molar-refractivity contribution in [2.45, 2.75) is 39.5 Å². The topological polar surface area (TPSA) is 79.5 Å². The first-order valence-electron chi connectivity index (χ1n) is 8.35. The van der Waals surface area contributed by atoms with Crippen LogP contribution in [-0.2, 0) is 9.59 Å². The number of nitrogens with one attached hydrogen (secondary N) is 3. The molecule has 3 N–H and O–H groups in total. The Hall–Kier alpha value is -2.41. The summed E-state index contributed by atoms with van der Waals surface area (Å²) in [5.41, 5.74) is 5.83. The zero-order valence-corrected chi connectivity index (χ0v) is 15.4. The van der Waals surface area contributed by atoms with Gasteiger partial charge in [0.25, 0.3) is 0 Å². The summed E-state index contributed by atoms with van der Waals surface area (Å²) >= 11 is 4.95. The Kier molecular flexibility index (Phi) is 9.92. The first-order chi connectivity index (χ1) is 12.0. The molecule has 0 bridgehead atoms. The monoisotopic (exact) mass is 363 g/mol. The van der Waals surface area contributed by atoms with Gasteiger partial charge in [-0.1, -0.05) is 31.9 Å². The Labute approximate surface area is 154 Å². The van der Waals surface area contributed by atoms with E-state index in [0.717, 1.165) is 30.6 Å². The van der Waals surface area contributed by atoms with Crippen LogP contribution < -0.4 is 20.9 Å². The Morgan fingerprint density at radius 3 is 2.48 bits per heavy atom. The fourth-order valence-electron chi connectivity index (χ4n) is 1.92. The Bertz CT molecular complexity index is 600. The number of hydrogen-bond acceptors (Lipinski definition) is 4. The van der Waals surface area contributed by atoms with Crippen LogP contribution in [0.1, 0.15) is 45.1 Å². The smallest absolute Gasteiger partial charge is 0.250 e. The van der Waals surface area contributed by atoms with Crippen LogP contribution in [0, 0.1) is 0 Å². The molecule has 0 aliphatic carbocycles. The maximum Gasteiger partial charge on any atom is 0.250 e. The quantitative estimate of drug-likeness (QED) is 0.286. The van der Waals surface area contributed by atoms with Crippen LogP contribution in [0.25, 0.3) is 6.08 Å². The molecule has 0 unspecified atom stereocenters. The molecule has 0 atom stereocenters. The van der Waals surface area contributed by atoms with Crippen molar-refractivity contribution in [3.8, 4) is 5.75 Å². The standard InChI is InChI=1S/C18H25N3O3S/c1-3-5-6-7-17(23)20-21-18(25)19-16(22)13-10-14-8-11-15(12-9-14)24-4-2/h8-13H,3-7H2,1-2H3,(H,20,23)(H2,19,21,22,25)/b13-10+. The van der Waals surface area contributed by atoms with Gasteiger partial charge >= 0.3 is 0 Å². The van der Waals surface area contributed by atoms with Crippen molar-refractivity contribution in [3.05, 3.63) is 35.9 Å². The molecule has 2 amide bonds. The summed E-state index contributed by atoms with van der Waals surface area (Å²) in [4.78, 5) is 23.3. The van der Waals surface area contributed by atoms with Crippen LogP contribution in [0.5, 0.6) is 5.75 Å². The summed E-state index contributed by atoms with van der Waals surface area (Å²) in [6, 6.07) is 7.37. The second-order valence-corrected chi connectivity index (χ2v) is 5.69. The molecular weight excluding hydrogens is 338 g/mol. The summed E-state index contributed by atoms with van der Waals surface area (Å²) in [6.45, 7) is 4.60. The minimum absolute atomic E-state index is 0.0465. The molecule has 0 saturated heterocycles. The predicted molar refractivity (Wildman–Crippen MR) is 103 cm³/mol. The molecule has 0 heterocycles. The highest BCUT2D eigenvalue weighted by molar-refractivity contribution is 7.80. The van der Waals surface area contributed by atoms with Crippen molar-refractivity contribution < 1.29 is 14.3 Å². The second-order valence-electron chi connectivity index (χ2n) is 5.28. The zero-order chi connectivity index (χ0) is 18.5. The highest BCUT2D eigenvalue weighted by atomic mass is 32.1. The van der Waals surface area contributed by atoms with Gasteiger partial charge in [0.2, 0.25) is 11.8 Å². The molecule has 0 fully saturated rings. The lowest BCUT2D eigenvalue weighted by Crippen LogP contribution is -2.48. The minimum atomic E-state index is -0.383. The highest BCUT2D eigenvalue weighted by Crippen LogP contribution is 2.12. The van der Waals surface area contributed by atoms with E-state index in [9.17, 15) is 9.59 Å². The van der Waals surface area contributed by atoms with E-state index in [-0.39, 0.29) is 16.9 Å². The summed E-state index contributed by atoms with van der Waals surface area (Å²) in [5.74, 6) is 0.241. The normalized spacial score (nSPS) is 10.3. The number of ether oxygens (including phenoxy) is 1. The van der Waals surface area contributed by atoms with E-state index >= 15 is 0 Å². The third kappa shape index (κ3) is 9.46. The maximum atomic E-state index is 11.8. The van der Waals surface area contributed by atoms with Crippen molar-refractivity contribution >= 4 is 35.2 Å². The lowest BCUT2D eigenvalue weighted by Gasteiger charge is -2.09. The van der Waals surface area contributed by atoms with Crippen molar-refractivity contribution in [2.24, 2.45) is 0 Å². The lowest BCUT2D eigenvalue weighted by atomic mass is 10.2. The average Bonchev–Trinajstić information content (AvgIpc) is 2.60. The summed E-state index contributed by atoms with van der Waals surface area (Å²) in [5, 5.41) is 2.51. The Morgan fingerprint density at radius 2 is 1.84 bits per heavy atom. The molecule has 0 spiro atoms. The summed E-state index contributed by atoms with van der Waals surface area (Å²) in [7, 11) is 0. The van der Waals surface area contributed by atoms with E-state index in [1.807, 2.05) is 31.2 Å². The van der Waals surface area contributed by atoms with Gasteiger partial charge in [-0.05, 0) is 49.3 Å². The molecule has 0 radical (unpaired) electrons. The number of unbranched alkanes of at least 4 members (excludes halogenated alkanes) is 2. The number of rotatable bonds is 8. The molecule has 0 aromatic heterocycles. The lowest BCUT2D eigenvalue weighted by molar-refractivity contribution is -0.122. The van der Waals surface area contributed by atoms with E-state index in [4.69, 9.17) is 17.0 Å². The molecule has 7 heteroatoms. The average molecular weight is 363 g/mol. The molecule has 0 aliphatic heterocycles. The van der Waals surface area contributed by atoms with E-state index in [0.29, 0.717) is 13.0 Å². The molecular formula is C18H25N3O3S.